The fourth-order valence-electron chi connectivity index (χ4n) is 6.58. The second-order valence-corrected chi connectivity index (χ2v) is 11.3. The predicted octanol–water partition coefficient (Wildman–Crippen LogP) is 2.52. The minimum Gasteiger partial charge on any atom is -0.350 e. The van der Waals surface area contributed by atoms with Gasteiger partial charge in [0.05, 0.1) is 24.0 Å². The number of amides is 1. The lowest BCUT2D eigenvalue weighted by Gasteiger charge is -2.47. The molecule has 0 aromatic carbocycles. The van der Waals surface area contributed by atoms with Crippen LogP contribution in [0.5, 0.6) is 0 Å². The molecule has 3 aromatic rings. The van der Waals surface area contributed by atoms with Crippen molar-refractivity contribution in [2.24, 2.45) is 0 Å². The molecule has 2 aliphatic carbocycles. The van der Waals surface area contributed by atoms with Gasteiger partial charge in [-0.15, -0.1) is 0 Å². The fraction of sp³-hybridized carbons (Fsp3) is 0.519. The van der Waals surface area contributed by atoms with Gasteiger partial charge in [-0.1, -0.05) is 6.42 Å². The highest BCUT2D eigenvalue weighted by atomic mass is 16.2. The Morgan fingerprint density at radius 2 is 1.76 bits per heavy atom. The molecule has 3 aromatic heterocycles. The first-order valence-electron chi connectivity index (χ1n) is 13.4. The number of nitriles is 1. The summed E-state index contributed by atoms with van der Waals surface area (Å²) in [5.74, 6) is 2.72. The summed E-state index contributed by atoms with van der Waals surface area (Å²) < 4.78 is 0. The van der Waals surface area contributed by atoms with E-state index in [0.717, 1.165) is 49.7 Å². The first-order chi connectivity index (χ1) is 18.5. The lowest BCUT2D eigenvalue weighted by atomic mass is 9.66. The predicted molar refractivity (Wildman–Crippen MR) is 139 cm³/mol. The van der Waals surface area contributed by atoms with E-state index in [1.54, 1.807) is 35.8 Å². The van der Waals surface area contributed by atoms with Crippen molar-refractivity contribution in [2.75, 3.05) is 29.4 Å². The average molecular weight is 511 g/mol. The molecular formula is C27H30N10O. The van der Waals surface area contributed by atoms with Gasteiger partial charge in [-0.25, -0.2) is 15.0 Å². The molecule has 0 radical (unpaired) electrons. The molecule has 0 N–H and O–H groups in total. The van der Waals surface area contributed by atoms with E-state index >= 15 is 0 Å². The fourth-order valence-corrected chi connectivity index (χ4v) is 6.58. The zero-order chi connectivity index (χ0) is 26.1. The minimum atomic E-state index is -0.628. The van der Waals surface area contributed by atoms with Crippen molar-refractivity contribution in [2.45, 2.75) is 69.0 Å². The zero-order valence-electron chi connectivity index (χ0n) is 21.7. The third-order valence-electron chi connectivity index (χ3n) is 8.96. The molecule has 38 heavy (non-hydrogen) atoms. The van der Waals surface area contributed by atoms with Gasteiger partial charge >= 0.3 is 0 Å². The van der Waals surface area contributed by atoms with Gasteiger partial charge in [0, 0.05) is 48.9 Å². The Bertz CT molecular complexity index is 1440. The van der Waals surface area contributed by atoms with E-state index in [4.69, 9.17) is 9.97 Å². The number of carbonyl (C=O) groups is 1. The number of fused-ring (bicyclic) bond motifs is 2. The Hall–Kier alpha value is -4.07. The first kappa shape index (κ1) is 23.1. The number of piperazine rings is 1. The van der Waals surface area contributed by atoms with Crippen molar-refractivity contribution in [1.82, 2.24) is 34.8 Å². The SMILES string of the molecule is C[C@@H]1CN(c2ncnc3c2C2(CCC2)CN3c2cc(C#N)ccn2)[C@@H](C)CN1C(=O)C1(n2nccn2)CC1. The summed E-state index contributed by atoms with van der Waals surface area (Å²) in [4.78, 5) is 36.0. The van der Waals surface area contributed by atoms with Crippen LogP contribution in [0.25, 0.3) is 0 Å². The number of hydrogen-bond donors (Lipinski definition) is 0. The molecule has 5 heterocycles. The van der Waals surface area contributed by atoms with Gasteiger partial charge in [-0.05, 0) is 51.7 Å². The zero-order valence-corrected chi connectivity index (χ0v) is 21.7. The number of rotatable bonds is 4. The number of pyridine rings is 1. The van der Waals surface area contributed by atoms with Crippen molar-refractivity contribution < 1.29 is 4.79 Å². The Morgan fingerprint density at radius 1 is 1.00 bits per heavy atom. The molecule has 2 atom stereocenters. The van der Waals surface area contributed by atoms with E-state index in [0.29, 0.717) is 18.7 Å². The van der Waals surface area contributed by atoms with E-state index in [1.807, 2.05) is 11.0 Å². The van der Waals surface area contributed by atoms with Crippen LogP contribution in [0.15, 0.2) is 37.1 Å². The smallest absolute Gasteiger partial charge is 0.252 e. The second kappa shape index (κ2) is 8.21. The molecule has 3 fully saturated rings. The number of aromatic nitrogens is 6. The molecular weight excluding hydrogens is 480 g/mol. The largest absolute Gasteiger partial charge is 0.350 e. The van der Waals surface area contributed by atoms with Crippen LogP contribution >= 0.6 is 0 Å². The Morgan fingerprint density at radius 3 is 2.45 bits per heavy atom. The van der Waals surface area contributed by atoms with Crippen molar-refractivity contribution in [3.8, 4) is 6.07 Å². The maximum atomic E-state index is 13.7. The van der Waals surface area contributed by atoms with E-state index < -0.39 is 5.54 Å². The van der Waals surface area contributed by atoms with Crippen LogP contribution < -0.4 is 9.80 Å². The van der Waals surface area contributed by atoms with Crippen molar-refractivity contribution >= 4 is 23.4 Å². The van der Waals surface area contributed by atoms with E-state index in [2.05, 4.69) is 44.9 Å². The lowest BCUT2D eigenvalue weighted by Crippen LogP contribution is -2.61. The maximum Gasteiger partial charge on any atom is 0.252 e. The molecule has 0 bridgehead atoms. The van der Waals surface area contributed by atoms with Crippen LogP contribution in [0, 0.1) is 11.3 Å². The quantitative estimate of drug-likeness (QED) is 0.521. The summed E-state index contributed by atoms with van der Waals surface area (Å²) in [7, 11) is 0. The molecule has 11 nitrogen and oxygen atoms in total. The first-order valence-corrected chi connectivity index (χ1v) is 13.4. The Kier molecular flexibility index (Phi) is 4.99. The van der Waals surface area contributed by atoms with Gasteiger partial charge < -0.3 is 14.7 Å². The van der Waals surface area contributed by atoms with Gasteiger partial charge in [0.1, 0.15) is 23.8 Å². The molecule has 194 valence electrons. The number of nitrogens with zero attached hydrogens (tertiary/aromatic N) is 10. The maximum absolute atomic E-state index is 13.7. The summed E-state index contributed by atoms with van der Waals surface area (Å²) in [5, 5.41) is 18.0. The molecule has 2 aliphatic heterocycles. The van der Waals surface area contributed by atoms with Crippen LogP contribution in [-0.4, -0.2) is 72.5 Å². The minimum absolute atomic E-state index is 0.0150. The van der Waals surface area contributed by atoms with Crippen LogP contribution in [0.1, 0.15) is 57.1 Å². The lowest BCUT2D eigenvalue weighted by molar-refractivity contribution is -0.140. The molecule has 2 saturated carbocycles. The van der Waals surface area contributed by atoms with Gasteiger partial charge in [-0.2, -0.15) is 20.3 Å². The second-order valence-electron chi connectivity index (χ2n) is 11.3. The van der Waals surface area contributed by atoms with Crippen molar-refractivity contribution in [3.63, 3.8) is 0 Å². The number of anilines is 3. The van der Waals surface area contributed by atoms with E-state index in [9.17, 15) is 10.1 Å². The molecule has 11 heteroatoms. The normalized spacial score (nSPS) is 24.6. The van der Waals surface area contributed by atoms with E-state index in [-0.39, 0.29) is 23.4 Å². The van der Waals surface area contributed by atoms with Crippen LogP contribution in [0.3, 0.4) is 0 Å². The monoisotopic (exact) mass is 510 g/mol. The van der Waals surface area contributed by atoms with Crippen LogP contribution in [0.4, 0.5) is 17.5 Å². The van der Waals surface area contributed by atoms with Gasteiger partial charge in [0.2, 0.25) is 0 Å². The van der Waals surface area contributed by atoms with E-state index in [1.165, 1.54) is 12.0 Å². The summed E-state index contributed by atoms with van der Waals surface area (Å²) in [6.45, 7) is 6.39. The topological polar surface area (TPSA) is 120 Å². The molecule has 1 spiro atoms. The van der Waals surface area contributed by atoms with Gasteiger partial charge in [0.15, 0.2) is 5.54 Å². The van der Waals surface area contributed by atoms with Gasteiger partial charge in [0.25, 0.3) is 5.91 Å². The molecule has 1 saturated heterocycles. The summed E-state index contributed by atoms with van der Waals surface area (Å²) in [6.07, 6.45) is 11.5. The molecule has 0 unspecified atom stereocenters. The van der Waals surface area contributed by atoms with Crippen molar-refractivity contribution in [1.29, 1.82) is 5.26 Å². The number of hydrogen-bond acceptors (Lipinski definition) is 9. The highest BCUT2D eigenvalue weighted by Gasteiger charge is 2.57. The highest BCUT2D eigenvalue weighted by molar-refractivity contribution is 5.87. The average Bonchev–Trinajstić information content (AvgIpc) is 3.37. The third-order valence-corrected chi connectivity index (χ3v) is 8.96. The standard InChI is InChI=1S/C27H30N10O/c1-18-15-35(25(38)27(7-8-27)37-32-10-11-33-37)19(2)14-34(18)23-22-24(31-17-30-23)36(16-26(22)5-3-6-26)21-12-20(13-28)4-9-29-21/h4,9-12,17-19H,3,5-8,14-16H2,1-2H3/t18-,19+/m0/s1. The summed E-state index contributed by atoms with van der Waals surface area (Å²) in [6, 6.07) is 5.88. The van der Waals surface area contributed by atoms with Gasteiger partial charge in [-0.3, -0.25) is 4.79 Å². The van der Waals surface area contributed by atoms with Crippen LogP contribution in [0.2, 0.25) is 0 Å². The highest BCUT2D eigenvalue weighted by Crippen LogP contribution is 2.56. The summed E-state index contributed by atoms with van der Waals surface area (Å²) in [5.41, 5.74) is 1.13. The molecule has 4 aliphatic rings. The Labute approximate surface area is 221 Å². The molecule has 1 amide bonds. The van der Waals surface area contributed by atoms with Crippen LogP contribution in [-0.2, 0) is 15.7 Å². The number of carbonyl (C=O) groups excluding carboxylic acids is 1. The molecule has 7 rings (SSSR count). The Balaban J connectivity index is 1.21. The van der Waals surface area contributed by atoms with Crippen molar-refractivity contribution in [3.05, 3.63) is 48.2 Å². The third kappa shape index (κ3) is 3.25. The summed E-state index contributed by atoms with van der Waals surface area (Å²) >= 11 is 0.